The number of hydrogen-bond acceptors (Lipinski definition) is 2. The normalized spacial score (nSPS) is 21.4. The molecular weight excluding hydrogens is 286 g/mol. The molecule has 3 rings (SSSR count). The van der Waals surface area contributed by atoms with Crippen LogP contribution in [0, 0.1) is 0 Å². The Labute approximate surface area is 137 Å². The molecule has 2 aromatic rings. The summed E-state index contributed by atoms with van der Waals surface area (Å²) in [5.41, 5.74) is 2.51. The summed E-state index contributed by atoms with van der Waals surface area (Å²) in [7, 11) is 0. The monoisotopic (exact) mass is 309 g/mol. The number of aryl methyl sites for hydroxylation is 1. The van der Waals surface area contributed by atoms with Gasteiger partial charge in [0.2, 0.25) is 5.91 Å². The second kappa shape index (κ2) is 7.42. The zero-order valence-corrected chi connectivity index (χ0v) is 13.3. The van der Waals surface area contributed by atoms with Crippen molar-refractivity contribution in [1.82, 2.24) is 5.06 Å². The van der Waals surface area contributed by atoms with Gasteiger partial charge >= 0.3 is 0 Å². The van der Waals surface area contributed by atoms with E-state index in [2.05, 4.69) is 24.3 Å². The Morgan fingerprint density at radius 1 is 1.00 bits per heavy atom. The second-order valence-electron chi connectivity index (χ2n) is 6.24. The van der Waals surface area contributed by atoms with Crippen molar-refractivity contribution in [3.63, 3.8) is 0 Å². The summed E-state index contributed by atoms with van der Waals surface area (Å²) in [5, 5.41) is 11.2. The molecule has 0 spiro atoms. The fourth-order valence-electron chi connectivity index (χ4n) is 3.51. The van der Waals surface area contributed by atoms with Gasteiger partial charge in [-0.2, -0.15) is 0 Å². The van der Waals surface area contributed by atoms with E-state index in [1.807, 2.05) is 36.4 Å². The Balaban J connectivity index is 1.68. The zero-order chi connectivity index (χ0) is 16.1. The Hall–Kier alpha value is -2.13. The summed E-state index contributed by atoms with van der Waals surface area (Å²) < 4.78 is 0. The lowest BCUT2D eigenvalue weighted by Gasteiger charge is -2.37. The van der Waals surface area contributed by atoms with Crippen molar-refractivity contribution >= 4 is 5.91 Å². The molecule has 1 aliphatic heterocycles. The molecule has 0 aromatic heterocycles. The molecule has 2 atom stereocenters. The molecule has 1 fully saturated rings. The van der Waals surface area contributed by atoms with E-state index in [1.54, 1.807) is 0 Å². The summed E-state index contributed by atoms with van der Waals surface area (Å²) in [6, 6.07) is 20.5. The number of carbonyl (C=O) groups excluding carboxylic acids is 1. The van der Waals surface area contributed by atoms with Crippen LogP contribution >= 0.6 is 0 Å². The second-order valence-corrected chi connectivity index (χ2v) is 6.24. The van der Waals surface area contributed by atoms with Crippen LogP contribution in [0.15, 0.2) is 60.7 Å². The minimum Gasteiger partial charge on any atom is -0.286 e. The minimum absolute atomic E-state index is 0.123. The Morgan fingerprint density at radius 3 is 2.35 bits per heavy atom. The predicted molar refractivity (Wildman–Crippen MR) is 90.2 cm³/mol. The van der Waals surface area contributed by atoms with Gasteiger partial charge in [-0.25, -0.2) is 5.06 Å². The first-order valence-electron chi connectivity index (χ1n) is 8.35. The number of rotatable bonds is 5. The molecular formula is C20H23NO2. The highest BCUT2D eigenvalue weighted by Gasteiger charge is 2.35. The molecule has 0 bridgehead atoms. The fraction of sp³-hybridized carbons (Fsp3) is 0.350. The molecule has 1 heterocycles. The van der Waals surface area contributed by atoms with Gasteiger partial charge in [0.1, 0.15) is 0 Å². The maximum Gasteiger partial charge on any atom is 0.246 e. The number of piperidine rings is 1. The van der Waals surface area contributed by atoms with Gasteiger partial charge in [-0.1, -0.05) is 60.7 Å². The molecule has 0 aliphatic carbocycles. The number of benzene rings is 2. The van der Waals surface area contributed by atoms with Gasteiger partial charge in [0.05, 0.1) is 6.04 Å². The average Bonchev–Trinajstić information content (AvgIpc) is 2.60. The molecule has 1 saturated heterocycles. The molecule has 2 aromatic carbocycles. The van der Waals surface area contributed by atoms with E-state index in [-0.39, 0.29) is 17.9 Å². The standard InChI is InChI=1S/C20H23NO2/c22-20-15-14-18(17-11-5-2-6-12-17)19(21(20)23)13-7-10-16-8-3-1-4-9-16/h1-6,8-9,11-12,18-19,23H,7,10,13-15H2. The van der Waals surface area contributed by atoms with E-state index < -0.39 is 0 Å². The number of carbonyl (C=O) groups is 1. The lowest BCUT2D eigenvalue weighted by Crippen LogP contribution is -2.45. The van der Waals surface area contributed by atoms with Crippen LogP contribution in [0.3, 0.4) is 0 Å². The molecule has 3 nitrogen and oxygen atoms in total. The van der Waals surface area contributed by atoms with Crippen LogP contribution in [0.2, 0.25) is 0 Å². The first kappa shape index (κ1) is 15.8. The lowest BCUT2D eigenvalue weighted by atomic mass is 9.82. The quantitative estimate of drug-likeness (QED) is 0.842. The van der Waals surface area contributed by atoms with E-state index >= 15 is 0 Å². The van der Waals surface area contributed by atoms with E-state index in [1.165, 1.54) is 11.1 Å². The van der Waals surface area contributed by atoms with E-state index in [0.29, 0.717) is 6.42 Å². The van der Waals surface area contributed by atoms with Gasteiger partial charge in [0.15, 0.2) is 0 Å². The summed E-state index contributed by atoms with van der Waals surface area (Å²) in [6.07, 6.45) is 3.99. The summed E-state index contributed by atoms with van der Waals surface area (Å²) in [6.45, 7) is 0. The lowest BCUT2D eigenvalue weighted by molar-refractivity contribution is -0.185. The number of hydrogen-bond donors (Lipinski definition) is 1. The van der Waals surface area contributed by atoms with E-state index in [9.17, 15) is 10.0 Å². The molecule has 1 N–H and O–H groups in total. The van der Waals surface area contributed by atoms with Gasteiger partial charge in [0, 0.05) is 12.3 Å². The SMILES string of the molecule is O=C1CCC(c2ccccc2)C(CCCc2ccccc2)N1O. The first-order valence-corrected chi connectivity index (χ1v) is 8.35. The van der Waals surface area contributed by atoms with Gasteiger partial charge in [-0.05, 0) is 36.8 Å². The van der Waals surface area contributed by atoms with Crippen LogP contribution in [0.4, 0.5) is 0 Å². The molecule has 1 aliphatic rings. The maximum absolute atomic E-state index is 11.9. The van der Waals surface area contributed by atoms with Crippen molar-refractivity contribution in [2.75, 3.05) is 0 Å². The summed E-state index contributed by atoms with van der Waals surface area (Å²) >= 11 is 0. The van der Waals surface area contributed by atoms with Gasteiger partial charge in [-0.3, -0.25) is 10.0 Å². The predicted octanol–water partition coefficient (Wildman–Crippen LogP) is 4.17. The average molecular weight is 309 g/mol. The summed E-state index contributed by atoms with van der Waals surface area (Å²) in [5.74, 6) is 0.0663. The van der Waals surface area contributed by atoms with Crippen LogP contribution in [-0.4, -0.2) is 22.2 Å². The Kier molecular flexibility index (Phi) is 5.09. The topological polar surface area (TPSA) is 40.5 Å². The Bertz CT molecular complexity index is 627. The third-order valence-corrected chi connectivity index (χ3v) is 4.74. The van der Waals surface area contributed by atoms with E-state index in [4.69, 9.17) is 0 Å². The van der Waals surface area contributed by atoms with Crippen molar-refractivity contribution in [1.29, 1.82) is 0 Å². The molecule has 120 valence electrons. The molecule has 0 radical (unpaired) electrons. The highest BCUT2D eigenvalue weighted by atomic mass is 16.5. The van der Waals surface area contributed by atoms with Crippen LogP contribution in [0.5, 0.6) is 0 Å². The Morgan fingerprint density at radius 2 is 1.65 bits per heavy atom. The van der Waals surface area contributed by atoms with Crippen LogP contribution < -0.4 is 0 Å². The zero-order valence-electron chi connectivity index (χ0n) is 13.3. The smallest absolute Gasteiger partial charge is 0.246 e. The van der Waals surface area contributed by atoms with Crippen molar-refractivity contribution in [3.8, 4) is 0 Å². The first-order chi connectivity index (χ1) is 11.3. The van der Waals surface area contributed by atoms with Gasteiger partial charge < -0.3 is 0 Å². The fourth-order valence-corrected chi connectivity index (χ4v) is 3.51. The summed E-state index contributed by atoms with van der Waals surface area (Å²) in [4.78, 5) is 11.9. The third kappa shape index (κ3) is 3.80. The molecule has 3 heteroatoms. The van der Waals surface area contributed by atoms with E-state index in [0.717, 1.165) is 30.7 Å². The third-order valence-electron chi connectivity index (χ3n) is 4.74. The van der Waals surface area contributed by atoms with Crippen LogP contribution in [0.1, 0.15) is 42.7 Å². The number of nitrogens with zero attached hydrogens (tertiary/aromatic N) is 1. The van der Waals surface area contributed by atoms with Gasteiger partial charge in [0.25, 0.3) is 0 Å². The highest BCUT2D eigenvalue weighted by Crippen LogP contribution is 2.34. The minimum atomic E-state index is -0.151. The van der Waals surface area contributed by atoms with Crippen LogP contribution in [0.25, 0.3) is 0 Å². The van der Waals surface area contributed by atoms with Crippen molar-refractivity contribution < 1.29 is 10.0 Å². The molecule has 1 amide bonds. The van der Waals surface area contributed by atoms with Crippen LogP contribution in [-0.2, 0) is 11.2 Å². The van der Waals surface area contributed by atoms with Gasteiger partial charge in [-0.15, -0.1) is 0 Å². The number of hydroxylamine groups is 2. The molecule has 2 unspecified atom stereocenters. The number of amides is 1. The van der Waals surface area contributed by atoms with Crippen molar-refractivity contribution in [2.24, 2.45) is 0 Å². The highest BCUT2D eigenvalue weighted by molar-refractivity contribution is 5.76. The molecule has 23 heavy (non-hydrogen) atoms. The molecule has 0 saturated carbocycles. The largest absolute Gasteiger partial charge is 0.286 e. The van der Waals surface area contributed by atoms with Crippen molar-refractivity contribution in [3.05, 3.63) is 71.8 Å². The van der Waals surface area contributed by atoms with Crippen molar-refractivity contribution in [2.45, 2.75) is 44.1 Å². The maximum atomic E-state index is 11.9.